The molecule has 2 aromatic rings. The minimum absolute atomic E-state index is 0.244. The summed E-state index contributed by atoms with van der Waals surface area (Å²) in [4.78, 5) is 31.0. The lowest BCUT2D eigenvalue weighted by molar-refractivity contribution is 0.0383. The summed E-state index contributed by atoms with van der Waals surface area (Å²) >= 11 is 0. The van der Waals surface area contributed by atoms with E-state index in [1.165, 1.54) is 18.5 Å². The minimum atomic E-state index is -0.432. The number of nitriles is 1. The van der Waals surface area contributed by atoms with Gasteiger partial charge in [-0.1, -0.05) is 12.1 Å². The average molecular weight is 379 g/mol. The molecule has 0 atom stereocenters. The molecule has 2 amide bonds. The van der Waals surface area contributed by atoms with Gasteiger partial charge in [-0.25, -0.2) is 0 Å². The van der Waals surface area contributed by atoms with Gasteiger partial charge >= 0.3 is 0 Å². The molecule has 2 heterocycles. The minimum Gasteiger partial charge on any atom is -0.379 e. The number of rotatable bonds is 6. The van der Waals surface area contributed by atoms with Crippen molar-refractivity contribution in [3.8, 4) is 6.07 Å². The maximum absolute atomic E-state index is 12.5. The topological polar surface area (TPSA) is 107 Å². The standard InChI is InChI=1S/C20H21N5O3/c21-12-15-3-1-2-4-18(15)24-20(27)17-11-16(13-22-14-17)19(26)23-5-6-25-7-9-28-10-8-25/h1-4,11,13-14H,5-10H2,(H,23,26)(H,24,27). The van der Waals surface area contributed by atoms with Crippen LogP contribution in [0.25, 0.3) is 0 Å². The van der Waals surface area contributed by atoms with Crippen molar-refractivity contribution >= 4 is 17.5 Å². The molecule has 1 aromatic carbocycles. The maximum Gasteiger partial charge on any atom is 0.257 e. The summed E-state index contributed by atoms with van der Waals surface area (Å²) in [7, 11) is 0. The molecule has 1 saturated heterocycles. The zero-order chi connectivity index (χ0) is 19.8. The predicted octanol–water partition coefficient (Wildman–Crippen LogP) is 1.27. The van der Waals surface area contributed by atoms with Gasteiger partial charge in [-0.3, -0.25) is 19.5 Å². The fourth-order valence-electron chi connectivity index (χ4n) is 2.83. The molecule has 2 N–H and O–H groups in total. The Bertz CT molecular complexity index is 887. The average Bonchev–Trinajstić information content (AvgIpc) is 2.75. The molecule has 0 spiro atoms. The van der Waals surface area contributed by atoms with Crippen LogP contribution >= 0.6 is 0 Å². The number of morpholine rings is 1. The van der Waals surface area contributed by atoms with Crippen LogP contribution < -0.4 is 10.6 Å². The second-order valence-corrected chi connectivity index (χ2v) is 6.28. The Kier molecular flexibility index (Phi) is 6.68. The van der Waals surface area contributed by atoms with Gasteiger partial charge in [0.05, 0.1) is 35.6 Å². The highest BCUT2D eigenvalue weighted by molar-refractivity contribution is 6.06. The Hall–Kier alpha value is -3.28. The van der Waals surface area contributed by atoms with Gasteiger partial charge in [0, 0.05) is 38.6 Å². The molecule has 144 valence electrons. The van der Waals surface area contributed by atoms with E-state index in [0.717, 1.165) is 19.6 Å². The molecule has 0 unspecified atom stereocenters. The van der Waals surface area contributed by atoms with Gasteiger partial charge in [0.25, 0.3) is 11.8 Å². The first-order chi connectivity index (χ1) is 13.7. The van der Waals surface area contributed by atoms with E-state index in [1.807, 2.05) is 6.07 Å². The van der Waals surface area contributed by atoms with Gasteiger partial charge in [-0.15, -0.1) is 0 Å². The summed E-state index contributed by atoms with van der Waals surface area (Å²) in [5, 5.41) is 14.6. The van der Waals surface area contributed by atoms with Gasteiger partial charge in [-0.2, -0.15) is 5.26 Å². The lowest BCUT2D eigenvalue weighted by atomic mass is 10.1. The van der Waals surface area contributed by atoms with Crippen LogP contribution in [0.2, 0.25) is 0 Å². The molecular weight excluding hydrogens is 358 g/mol. The van der Waals surface area contributed by atoms with Crippen molar-refractivity contribution in [2.45, 2.75) is 0 Å². The Balaban J connectivity index is 1.58. The SMILES string of the molecule is N#Cc1ccccc1NC(=O)c1cncc(C(=O)NCCN2CCOCC2)c1. The van der Waals surface area contributed by atoms with E-state index in [-0.39, 0.29) is 11.5 Å². The van der Waals surface area contributed by atoms with Crippen LogP contribution in [-0.2, 0) is 4.74 Å². The van der Waals surface area contributed by atoms with E-state index < -0.39 is 5.91 Å². The third-order valence-corrected chi connectivity index (χ3v) is 4.38. The quantitative estimate of drug-likeness (QED) is 0.783. The van der Waals surface area contributed by atoms with Crippen molar-refractivity contribution < 1.29 is 14.3 Å². The van der Waals surface area contributed by atoms with E-state index >= 15 is 0 Å². The Morgan fingerprint density at radius 1 is 1.14 bits per heavy atom. The van der Waals surface area contributed by atoms with Gasteiger partial charge in [0.2, 0.25) is 0 Å². The van der Waals surface area contributed by atoms with Crippen LogP contribution in [0.1, 0.15) is 26.3 Å². The van der Waals surface area contributed by atoms with Gasteiger partial charge in [-0.05, 0) is 18.2 Å². The lowest BCUT2D eigenvalue weighted by Crippen LogP contribution is -2.41. The molecule has 0 radical (unpaired) electrons. The first kappa shape index (κ1) is 19.5. The fraction of sp³-hybridized carbons (Fsp3) is 0.300. The molecule has 1 aliphatic rings. The number of carbonyl (C=O) groups is 2. The van der Waals surface area contributed by atoms with Gasteiger partial charge in [0.15, 0.2) is 0 Å². The van der Waals surface area contributed by atoms with Crippen molar-refractivity contribution in [2.75, 3.05) is 44.7 Å². The fourth-order valence-corrected chi connectivity index (χ4v) is 2.83. The summed E-state index contributed by atoms with van der Waals surface area (Å²) < 4.78 is 5.30. The Morgan fingerprint density at radius 3 is 2.61 bits per heavy atom. The first-order valence-corrected chi connectivity index (χ1v) is 9.01. The third-order valence-electron chi connectivity index (χ3n) is 4.38. The summed E-state index contributed by atoms with van der Waals surface area (Å²) in [6, 6.07) is 10.2. The van der Waals surface area contributed by atoms with Crippen LogP contribution in [-0.4, -0.2) is 61.1 Å². The highest BCUT2D eigenvalue weighted by Gasteiger charge is 2.14. The summed E-state index contributed by atoms with van der Waals surface area (Å²) in [6.07, 6.45) is 2.80. The van der Waals surface area contributed by atoms with E-state index in [9.17, 15) is 9.59 Å². The van der Waals surface area contributed by atoms with Gasteiger partial charge < -0.3 is 15.4 Å². The number of nitrogens with zero attached hydrogens (tertiary/aromatic N) is 3. The number of ether oxygens (including phenoxy) is 1. The number of hydrogen-bond acceptors (Lipinski definition) is 6. The van der Waals surface area contributed by atoms with E-state index in [4.69, 9.17) is 10.00 Å². The zero-order valence-electron chi connectivity index (χ0n) is 15.4. The molecule has 0 aliphatic carbocycles. The molecule has 1 aromatic heterocycles. The van der Waals surface area contributed by atoms with Crippen molar-refractivity contribution in [2.24, 2.45) is 0 Å². The molecule has 28 heavy (non-hydrogen) atoms. The van der Waals surface area contributed by atoms with E-state index in [0.29, 0.717) is 36.6 Å². The molecule has 1 fully saturated rings. The zero-order valence-corrected chi connectivity index (χ0v) is 15.4. The monoisotopic (exact) mass is 379 g/mol. The molecule has 0 bridgehead atoms. The van der Waals surface area contributed by atoms with E-state index in [2.05, 4.69) is 20.5 Å². The second kappa shape index (κ2) is 9.60. The first-order valence-electron chi connectivity index (χ1n) is 9.01. The van der Waals surface area contributed by atoms with Crippen LogP contribution in [0.3, 0.4) is 0 Å². The number of para-hydroxylation sites is 1. The Morgan fingerprint density at radius 2 is 1.86 bits per heavy atom. The lowest BCUT2D eigenvalue weighted by Gasteiger charge is -2.26. The van der Waals surface area contributed by atoms with Crippen molar-refractivity contribution in [1.29, 1.82) is 5.26 Å². The van der Waals surface area contributed by atoms with Gasteiger partial charge in [0.1, 0.15) is 6.07 Å². The second-order valence-electron chi connectivity index (χ2n) is 6.28. The maximum atomic E-state index is 12.5. The number of nitrogens with one attached hydrogen (secondary N) is 2. The predicted molar refractivity (Wildman–Crippen MR) is 103 cm³/mol. The number of amides is 2. The molecular formula is C20H21N5O3. The summed E-state index contributed by atoms with van der Waals surface area (Å²) in [5.74, 6) is -0.717. The highest BCUT2D eigenvalue weighted by Crippen LogP contribution is 2.15. The number of aromatic nitrogens is 1. The van der Waals surface area contributed by atoms with Crippen LogP contribution in [0.4, 0.5) is 5.69 Å². The Labute approximate surface area is 163 Å². The summed E-state index contributed by atoms with van der Waals surface area (Å²) in [6.45, 7) is 4.39. The van der Waals surface area contributed by atoms with Crippen LogP contribution in [0, 0.1) is 11.3 Å². The van der Waals surface area contributed by atoms with Crippen molar-refractivity contribution in [3.05, 3.63) is 59.4 Å². The molecule has 1 aliphatic heterocycles. The number of carbonyl (C=O) groups excluding carboxylic acids is 2. The largest absolute Gasteiger partial charge is 0.379 e. The molecule has 8 heteroatoms. The summed E-state index contributed by atoms with van der Waals surface area (Å²) in [5.41, 5.74) is 1.33. The van der Waals surface area contributed by atoms with Crippen LogP contribution in [0.15, 0.2) is 42.7 Å². The number of benzene rings is 1. The van der Waals surface area contributed by atoms with Crippen molar-refractivity contribution in [1.82, 2.24) is 15.2 Å². The molecule has 0 saturated carbocycles. The number of anilines is 1. The van der Waals surface area contributed by atoms with E-state index in [1.54, 1.807) is 24.3 Å². The number of hydrogen-bond donors (Lipinski definition) is 2. The third kappa shape index (κ3) is 5.13. The smallest absolute Gasteiger partial charge is 0.257 e. The molecule has 3 rings (SSSR count). The highest BCUT2D eigenvalue weighted by atomic mass is 16.5. The van der Waals surface area contributed by atoms with Crippen LogP contribution in [0.5, 0.6) is 0 Å². The van der Waals surface area contributed by atoms with Crippen molar-refractivity contribution in [3.63, 3.8) is 0 Å². The normalized spacial score (nSPS) is 14.1. The molecule has 8 nitrogen and oxygen atoms in total. The number of pyridine rings is 1.